The van der Waals surface area contributed by atoms with E-state index in [1.807, 2.05) is 13.8 Å². The summed E-state index contributed by atoms with van der Waals surface area (Å²) in [6.45, 7) is 4.17. The lowest BCUT2D eigenvalue weighted by Crippen LogP contribution is -2.02. The number of hydrogen-bond acceptors (Lipinski definition) is 2. The Kier molecular flexibility index (Phi) is 3.78. The van der Waals surface area contributed by atoms with Crippen LogP contribution in [0.25, 0.3) is 0 Å². The first-order chi connectivity index (χ1) is 8.97. The average Bonchev–Trinajstić information content (AvgIpc) is 2.82. The molecule has 2 aromatic rings. The number of rotatable bonds is 4. The van der Waals surface area contributed by atoms with Crippen LogP contribution in [0.15, 0.2) is 24.5 Å². The van der Waals surface area contributed by atoms with Gasteiger partial charge in [-0.1, -0.05) is 0 Å². The van der Waals surface area contributed by atoms with Crippen LogP contribution in [-0.2, 0) is 6.54 Å². The van der Waals surface area contributed by atoms with Crippen LogP contribution in [0, 0.1) is 17.5 Å². The van der Waals surface area contributed by atoms with Crippen molar-refractivity contribution >= 4 is 5.69 Å². The van der Waals surface area contributed by atoms with Gasteiger partial charge < -0.3 is 5.32 Å². The highest BCUT2D eigenvalue weighted by Gasteiger charge is 2.10. The fourth-order valence-corrected chi connectivity index (χ4v) is 1.63. The fourth-order valence-electron chi connectivity index (χ4n) is 1.63. The van der Waals surface area contributed by atoms with E-state index >= 15 is 0 Å². The van der Waals surface area contributed by atoms with E-state index in [4.69, 9.17) is 0 Å². The molecule has 0 bridgehead atoms. The maximum absolute atomic E-state index is 13.0. The van der Waals surface area contributed by atoms with Gasteiger partial charge in [0, 0.05) is 18.8 Å². The highest BCUT2D eigenvalue weighted by atomic mass is 19.2. The van der Waals surface area contributed by atoms with Gasteiger partial charge in [0.25, 0.3) is 0 Å². The van der Waals surface area contributed by atoms with Crippen molar-refractivity contribution in [2.75, 3.05) is 5.32 Å². The van der Waals surface area contributed by atoms with Crippen molar-refractivity contribution in [1.82, 2.24) is 9.78 Å². The molecule has 0 spiro atoms. The minimum absolute atomic E-state index is 0.192. The molecule has 0 radical (unpaired) electrons. The Bertz CT molecular complexity index is 555. The molecule has 0 saturated carbocycles. The molecule has 1 N–H and O–H groups in total. The minimum Gasteiger partial charge on any atom is -0.378 e. The Morgan fingerprint density at radius 3 is 2.37 bits per heavy atom. The molecular weight excluding hydrogens is 255 g/mol. The molecule has 0 aliphatic carbocycles. The molecule has 6 heteroatoms. The lowest BCUT2D eigenvalue weighted by atomic mass is 10.2. The van der Waals surface area contributed by atoms with E-state index in [9.17, 15) is 13.2 Å². The van der Waals surface area contributed by atoms with Crippen molar-refractivity contribution in [3.63, 3.8) is 0 Å². The van der Waals surface area contributed by atoms with E-state index < -0.39 is 17.5 Å². The van der Waals surface area contributed by atoms with Crippen molar-refractivity contribution in [2.24, 2.45) is 0 Å². The zero-order valence-electron chi connectivity index (χ0n) is 10.6. The number of hydrogen-bond donors (Lipinski definition) is 1. The summed E-state index contributed by atoms with van der Waals surface area (Å²) in [5.41, 5.74) is 1.06. The molecule has 19 heavy (non-hydrogen) atoms. The van der Waals surface area contributed by atoms with Gasteiger partial charge in [-0.3, -0.25) is 4.68 Å². The third kappa shape index (κ3) is 3.07. The normalized spacial score (nSPS) is 11.1. The number of benzene rings is 1. The van der Waals surface area contributed by atoms with Gasteiger partial charge in [-0.2, -0.15) is 5.10 Å². The molecule has 0 fully saturated rings. The topological polar surface area (TPSA) is 29.9 Å². The van der Waals surface area contributed by atoms with E-state index in [-0.39, 0.29) is 12.6 Å². The first kappa shape index (κ1) is 13.5. The number of anilines is 1. The molecule has 0 aliphatic rings. The number of nitrogens with one attached hydrogen (secondary N) is 1. The van der Waals surface area contributed by atoms with Gasteiger partial charge >= 0.3 is 0 Å². The Hall–Kier alpha value is -1.98. The van der Waals surface area contributed by atoms with Crippen molar-refractivity contribution in [3.05, 3.63) is 47.5 Å². The molecule has 0 saturated heterocycles. The zero-order chi connectivity index (χ0) is 14.0. The Balaban J connectivity index is 2.06. The van der Waals surface area contributed by atoms with Crippen LogP contribution in [0.2, 0.25) is 0 Å². The van der Waals surface area contributed by atoms with Gasteiger partial charge in [0.05, 0.1) is 11.9 Å². The zero-order valence-corrected chi connectivity index (χ0v) is 10.6. The maximum atomic E-state index is 13.0. The third-order valence-corrected chi connectivity index (χ3v) is 2.67. The first-order valence-electron chi connectivity index (χ1n) is 5.89. The van der Waals surface area contributed by atoms with Gasteiger partial charge in [-0.05, 0) is 31.5 Å². The quantitative estimate of drug-likeness (QED) is 0.861. The van der Waals surface area contributed by atoms with E-state index in [0.29, 0.717) is 5.56 Å². The molecule has 1 aromatic carbocycles. The Morgan fingerprint density at radius 1 is 1.21 bits per heavy atom. The predicted molar refractivity (Wildman–Crippen MR) is 66.3 cm³/mol. The van der Waals surface area contributed by atoms with Crippen LogP contribution >= 0.6 is 0 Å². The maximum Gasteiger partial charge on any atom is 0.194 e. The summed E-state index contributed by atoms with van der Waals surface area (Å²) in [5.74, 6) is -3.82. The summed E-state index contributed by atoms with van der Waals surface area (Å²) >= 11 is 0. The molecule has 2 rings (SSSR count). The molecule has 102 valence electrons. The van der Waals surface area contributed by atoms with Crippen molar-refractivity contribution < 1.29 is 13.2 Å². The standard InChI is InChI=1S/C13H14F3N3/c1-8(2)19-7-10(6-18-19)17-5-9-3-11(14)13(16)12(15)4-9/h3-4,6-8,17H,5H2,1-2H3. The van der Waals surface area contributed by atoms with Crippen LogP contribution in [0.4, 0.5) is 18.9 Å². The smallest absolute Gasteiger partial charge is 0.194 e. The van der Waals surface area contributed by atoms with E-state index in [2.05, 4.69) is 10.4 Å². The van der Waals surface area contributed by atoms with E-state index in [1.165, 1.54) is 0 Å². The van der Waals surface area contributed by atoms with Gasteiger partial charge in [-0.15, -0.1) is 0 Å². The fraction of sp³-hybridized carbons (Fsp3) is 0.308. The Labute approximate surface area is 109 Å². The average molecular weight is 269 g/mol. The second-order valence-electron chi connectivity index (χ2n) is 4.53. The molecule has 1 aromatic heterocycles. The Morgan fingerprint density at radius 2 is 1.84 bits per heavy atom. The van der Waals surface area contributed by atoms with Crippen LogP contribution < -0.4 is 5.32 Å². The summed E-state index contributed by atoms with van der Waals surface area (Å²) in [5, 5.41) is 7.09. The second-order valence-corrected chi connectivity index (χ2v) is 4.53. The largest absolute Gasteiger partial charge is 0.378 e. The summed E-state index contributed by atoms with van der Waals surface area (Å²) in [4.78, 5) is 0. The van der Waals surface area contributed by atoms with Gasteiger partial charge in [0.15, 0.2) is 17.5 Å². The lowest BCUT2D eigenvalue weighted by Gasteiger charge is -2.06. The molecule has 0 amide bonds. The third-order valence-electron chi connectivity index (χ3n) is 2.67. The second kappa shape index (κ2) is 5.34. The van der Waals surface area contributed by atoms with Gasteiger partial charge in [0.1, 0.15) is 0 Å². The van der Waals surface area contributed by atoms with Crippen LogP contribution in [0.5, 0.6) is 0 Å². The van der Waals surface area contributed by atoms with Crippen LogP contribution in [0.3, 0.4) is 0 Å². The summed E-state index contributed by atoms with van der Waals surface area (Å²) in [6.07, 6.45) is 3.41. The summed E-state index contributed by atoms with van der Waals surface area (Å²) < 4.78 is 40.6. The van der Waals surface area contributed by atoms with Crippen molar-refractivity contribution in [1.29, 1.82) is 0 Å². The summed E-state index contributed by atoms with van der Waals surface area (Å²) in [6, 6.07) is 2.17. The van der Waals surface area contributed by atoms with Gasteiger partial charge in [-0.25, -0.2) is 13.2 Å². The minimum atomic E-state index is -1.45. The monoisotopic (exact) mass is 269 g/mol. The molecule has 1 heterocycles. The summed E-state index contributed by atoms with van der Waals surface area (Å²) in [7, 11) is 0. The van der Waals surface area contributed by atoms with E-state index in [1.54, 1.807) is 17.1 Å². The predicted octanol–water partition coefficient (Wildman–Crippen LogP) is 3.49. The van der Waals surface area contributed by atoms with E-state index in [0.717, 1.165) is 17.8 Å². The molecule has 0 aliphatic heterocycles. The molecular formula is C13H14F3N3. The van der Waals surface area contributed by atoms with Crippen molar-refractivity contribution in [2.45, 2.75) is 26.4 Å². The first-order valence-corrected chi connectivity index (χ1v) is 5.89. The molecule has 0 unspecified atom stereocenters. The molecule has 0 atom stereocenters. The number of aromatic nitrogens is 2. The highest BCUT2D eigenvalue weighted by molar-refractivity contribution is 5.39. The van der Waals surface area contributed by atoms with Crippen LogP contribution in [0.1, 0.15) is 25.5 Å². The van der Waals surface area contributed by atoms with Crippen LogP contribution in [-0.4, -0.2) is 9.78 Å². The lowest BCUT2D eigenvalue weighted by molar-refractivity contribution is 0.445. The number of nitrogens with zero attached hydrogens (tertiary/aromatic N) is 2. The molecule has 3 nitrogen and oxygen atoms in total. The highest BCUT2D eigenvalue weighted by Crippen LogP contribution is 2.16. The number of halogens is 3. The van der Waals surface area contributed by atoms with Gasteiger partial charge in [0.2, 0.25) is 0 Å². The van der Waals surface area contributed by atoms with Crippen molar-refractivity contribution in [3.8, 4) is 0 Å². The SMILES string of the molecule is CC(C)n1cc(NCc2cc(F)c(F)c(F)c2)cn1.